The molecule has 45 heavy (non-hydrogen) atoms. The van der Waals surface area contributed by atoms with E-state index in [0.717, 1.165) is 62.1 Å². The van der Waals surface area contributed by atoms with E-state index >= 15 is 0 Å². The summed E-state index contributed by atoms with van der Waals surface area (Å²) < 4.78 is 0. The third-order valence-electron chi connectivity index (χ3n) is 7.88. The van der Waals surface area contributed by atoms with Gasteiger partial charge in [0.2, 0.25) is 0 Å². The number of anilines is 2. The van der Waals surface area contributed by atoms with Crippen LogP contribution in [0.1, 0.15) is 67.1 Å². The molecule has 4 heterocycles. The molecular formula is C28H35N9O8. The van der Waals surface area contributed by atoms with Crippen LogP contribution in [0.3, 0.4) is 0 Å². The molecule has 4 aliphatic rings. The van der Waals surface area contributed by atoms with E-state index < -0.39 is 33.5 Å². The average molecular weight is 626 g/mol. The molecule has 0 saturated carbocycles. The highest BCUT2D eigenvalue weighted by Gasteiger charge is 2.38. The van der Waals surface area contributed by atoms with Crippen molar-refractivity contribution in [2.24, 2.45) is 5.73 Å². The summed E-state index contributed by atoms with van der Waals surface area (Å²) in [7, 11) is 0. The number of carbonyl (C=O) groups excluding carboxylic acids is 4. The number of carbonyl (C=O) groups is 4. The second kappa shape index (κ2) is 14.2. The molecule has 0 unspecified atom stereocenters. The van der Waals surface area contributed by atoms with Gasteiger partial charge in [0, 0.05) is 38.3 Å². The maximum Gasteiger partial charge on any atom is 0.292 e. The van der Waals surface area contributed by atoms with Gasteiger partial charge in [-0.3, -0.25) is 49.6 Å². The van der Waals surface area contributed by atoms with Gasteiger partial charge in [0.15, 0.2) is 0 Å². The Labute approximate surface area is 257 Å². The minimum absolute atomic E-state index is 0.0131. The number of hydrogen-bond acceptors (Lipinski definition) is 13. The van der Waals surface area contributed by atoms with Crippen molar-refractivity contribution in [3.8, 4) is 0 Å². The van der Waals surface area contributed by atoms with Gasteiger partial charge in [-0.15, -0.1) is 0 Å². The predicted molar refractivity (Wildman–Crippen MR) is 163 cm³/mol. The Hall–Kier alpha value is -5.00. The first-order chi connectivity index (χ1) is 21.4. The number of likely N-dealkylation sites (tertiary alicyclic amines) is 2. The largest absolute Gasteiger partial charge is 0.393 e. The Balaban J connectivity index is 0.000000172. The smallest absolute Gasteiger partial charge is 0.292 e. The second-order valence-electron chi connectivity index (χ2n) is 10.9. The Morgan fingerprint density at radius 1 is 0.644 bits per heavy atom. The molecule has 240 valence electrons. The predicted octanol–water partition coefficient (Wildman–Crippen LogP) is 0.970. The van der Waals surface area contributed by atoms with Gasteiger partial charge < -0.3 is 27.0 Å². The number of nitrogens with two attached hydrogens (primary N) is 3. The first-order valence-electron chi connectivity index (χ1n) is 14.4. The van der Waals surface area contributed by atoms with E-state index in [-0.39, 0.29) is 45.0 Å². The molecule has 2 fully saturated rings. The van der Waals surface area contributed by atoms with Crippen molar-refractivity contribution in [2.75, 3.05) is 63.8 Å². The topological polar surface area (TPSA) is 254 Å². The van der Waals surface area contributed by atoms with Crippen molar-refractivity contribution in [1.29, 1.82) is 0 Å². The molecule has 0 radical (unpaired) electrons. The van der Waals surface area contributed by atoms with Gasteiger partial charge in [0.25, 0.3) is 35.0 Å². The van der Waals surface area contributed by atoms with Crippen LogP contribution in [-0.4, -0.2) is 101 Å². The number of rotatable bonds is 7. The lowest BCUT2D eigenvalue weighted by Gasteiger charge is -2.19. The molecular weight excluding hydrogens is 590 g/mol. The Bertz CT molecular complexity index is 1530. The molecule has 4 amide bonds. The zero-order chi connectivity index (χ0) is 32.8. The van der Waals surface area contributed by atoms with E-state index in [0.29, 0.717) is 13.1 Å². The van der Waals surface area contributed by atoms with Gasteiger partial charge in [-0.05, 0) is 64.0 Å². The Morgan fingerprint density at radius 2 is 1.04 bits per heavy atom. The number of amides is 4. The van der Waals surface area contributed by atoms with Crippen LogP contribution in [0.2, 0.25) is 0 Å². The number of nitrogen functional groups attached to an aromatic ring is 2. The average Bonchev–Trinajstić information content (AvgIpc) is 3.79. The van der Waals surface area contributed by atoms with E-state index in [1.807, 2.05) is 5.32 Å². The zero-order valence-electron chi connectivity index (χ0n) is 24.5. The summed E-state index contributed by atoms with van der Waals surface area (Å²) in [5, 5.41) is 23.4. The maximum absolute atomic E-state index is 12.3. The van der Waals surface area contributed by atoms with Crippen LogP contribution in [0, 0.1) is 20.2 Å². The number of nitro groups is 2. The number of imide groups is 2. The summed E-state index contributed by atoms with van der Waals surface area (Å²) in [5.74, 6) is -2.14. The number of nitrogens with zero attached hydrogens (tertiary/aromatic N) is 5. The first-order valence-corrected chi connectivity index (χ1v) is 14.4. The Kier molecular flexibility index (Phi) is 10.4. The highest BCUT2D eigenvalue weighted by molar-refractivity contribution is 6.23. The molecule has 2 aromatic rings. The van der Waals surface area contributed by atoms with Crippen molar-refractivity contribution in [3.63, 3.8) is 0 Å². The second-order valence-corrected chi connectivity index (χ2v) is 10.9. The van der Waals surface area contributed by atoms with Crippen molar-refractivity contribution < 1.29 is 29.0 Å². The molecule has 0 bridgehead atoms. The van der Waals surface area contributed by atoms with E-state index in [9.17, 15) is 39.4 Å². The van der Waals surface area contributed by atoms with Crippen molar-refractivity contribution in [3.05, 3.63) is 66.7 Å². The van der Waals surface area contributed by atoms with Gasteiger partial charge in [-0.2, -0.15) is 0 Å². The van der Waals surface area contributed by atoms with Crippen LogP contribution >= 0.6 is 0 Å². The number of benzene rings is 2. The molecule has 7 N–H and O–H groups in total. The molecule has 17 nitrogen and oxygen atoms in total. The quantitative estimate of drug-likeness (QED) is 0.145. The summed E-state index contributed by atoms with van der Waals surface area (Å²) in [6, 6.07) is 4.46. The first kappa shape index (κ1) is 32.9. The minimum atomic E-state index is -0.703. The molecule has 4 aliphatic heterocycles. The number of nitro benzene ring substituents is 2. The molecule has 0 atom stereocenters. The molecule has 0 aromatic heterocycles. The fourth-order valence-electron chi connectivity index (χ4n) is 5.52. The zero-order valence-corrected chi connectivity index (χ0v) is 24.5. The summed E-state index contributed by atoms with van der Waals surface area (Å²) in [4.78, 5) is 72.8. The van der Waals surface area contributed by atoms with Crippen LogP contribution in [0.5, 0.6) is 0 Å². The van der Waals surface area contributed by atoms with Crippen LogP contribution in [0.4, 0.5) is 22.7 Å². The van der Waals surface area contributed by atoms with E-state index in [4.69, 9.17) is 17.2 Å². The Morgan fingerprint density at radius 3 is 1.51 bits per heavy atom. The lowest BCUT2D eigenvalue weighted by molar-refractivity contribution is -0.384. The molecule has 6 rings (SSSR count). The monoisotopic (exact) mass is 625 g/mol. The normalized spacial score (nSPS) is 17.3. The fourth-order valence-corrected chi connectivity index (χ4v) is 5.52. The minimum Gasteiger partial charge on any atom is -0.393 e. The van der Waals surface area contributed by atoms with Crippen LogP contribution < -0.4 is 22.5 Å². The summed E-state index contributed by atoms with van der Waals surface area (Å²) in [5.41, 5.74) is 15.6. The standard InChI is InChI=1S/C14H16N4O4.C8H5N3O4.C6H14N2/c15-11-7-9-10(8-12(11)18(21)22)14(20)17(13(9)19)6-5-16-3-1-2-4-16;9-5-1-3-4(2-6(5)11(14)15)8(13)10-7(3)12;7-3-6-8-4-1-2-5-8/h7-8H,1-6,15H2;1-2H,9H2,(H,10,12,13);1-7H2. The molecule has 0 aliphatic carbocycles. The van der Waals surface area contributed by atoms with Gasteiger partial charge in [0.1, 0.15) is 11.4 Å². The number of hydrogen-bond donors (Lipinski definition) is 4. The lowest BCUT2D eigenvalue weighted by Crippen LogP contribution is -2.37. The van der Waals surface area contributed by atoms with Gasteiger partial charge in [-0.25, -0.2) is 0 Å². The van der Waals surface area contributed by atoms with Crippen molar-refractivity contribution in [1.82, 2.24) is 20.0 Å². The third-order valence-corrected chi connectivity index (χ3v) is 7.88. The summed E-state index contributed by atoms with van der Waals surface area (Å²) in [6.45, 7) is 7.33. The maximum atomic E-state index is 12.3. The SMILES string of the molecule is NCCN1CCCC1.Nc1cc2c(cc1[N+](=O)[O-])C(=O)N(CCN1CCCC1)C2=O.Nc1cc2c(cc1[N+](=O)[O-])C(=O)NC2=O. The lowest BCUT2D eigenvalue weighted by atomic mass is 10.1. The van der Waals surface area contributed by atoms with Gasteiger partial charge in [0.05, 0.1) is 32.1 Å². The highest BCUT2D eigenvalue weighted by atomic mass is 16.6. The van der Waals surface area contributed by atoms with Gasteiger partial charge in [-0.1, -0.05) is 0 Å². The van der Waals surface area contributed by atoms with Crippen LogP contribution in [-0.2, 0) is 0 Å². The summed E-state index contributed by atoms with van der Waals surface area (Å²) >= 11 is 0. The highest BCUT2D eigenvalue weighted by Crippen LogP contribution is 2.32. The third kappa shape index (κ3) is 7.39. The van der Waals surface area contributed by atoms with Gasteiger partial charge >= 0.3 is 0 Å². The molecule has 17 heteroatoms. The number of nitrogens with one attached hydrogen (secondary N) is 1. The molecule has 0 spiro atoms. The molecule has 2 aromatic carbocycles. The summed E-state index contributed by atoms with van der Waals surface area (Å²) in [6.07, 6.45) is 5.01. The van der Waals surface area contributed by atoms with Crippen molar-refractivity contribution in [2.45, 2.75) is 25.7 Å². The van der Waals surface area contributed by atoms with E-state index in [1.54, 1.807) is 0 Å². The van der Waals surface area contributed by atoms with E-state index in [1.165, 1.54) is 32.0 Å². The molecule has 2 saturated heterocycles. The fraction of sp³-hybridized carbons (Fsp3) is 0.429. The number of fused-ring (bicyclic) bond motifs is 2. The van der Waals surface area contributed by atoms with E-state index in [2.05, 4.69) is 9.80 Å². The van der Waals surface area contributed by atoms with Crippen LogP contribution in [0.15, 0.2) is 24.3 Å². The van der Waals surface area contributed by atoms with Crippen molar-refractivity contribution >= 4 is 46.4 Å². The van der Waals surface area contributed by atoms with Crippen LogP contribution in [0.25, 0.3) is 0 Å².